The van der Waals surface area contributed by atoms with E-state index in [0.717, 1.165) is 15.2 Å². The second-order valence-electron chi connectivity index (χ2n) is 4.58. The van der Waals surface area contributed by atoms with Crippen molar-refractivity contribution in [2.45, 2.75) is 6.92 Å². The smallest absolute Gasteiger partial charge is 0.248 e. The summed E-state index contributed by atoms with van der Waals surface area (Å²) < 4.78 is 6.78. The highest BCUT2D eigenvalue weighted by atomic mass is 32.1. The fraction of sp³-hybridized carbons (Fsp3) is 0.0667. The zero-order valence-electron chi connectivity index (χ0n) is 11.3. The standard InChI is InChI=1S/C15H13N3O2S/c1-8-18-12-7-13(11(16)6-14(12)21-8)20-10-4-2-9(3-5-10)15(17)19/h2-7H,16H2,1H3,(H2,17,19). The van der Waals surface area contributed by atoms with Crippen molar-refractivity contribution in [2.24, 2.45) is 5.73 Å². The number of thiazole rings is 1. The van der Waals surface area contributed by atoms with Gasteiger partial charge in [0.15, 0.2) is 5.75 Å². The highest BCUT2D eigenvalue weighted by Gasteiger charge is 2.09. The molecule has 3 rings (SSSR count). The number of nitrogens with zero attached hydrogens (tertiary/aromatic N) is 1. The van der Waals surface area contributed by atoms with Gasteiger partial charge >= 0.3 is 0 Å². The first-order valence-corrected chi connectivity index (χ1v) is 7.09. The summed E-state index contributed by atoms with van der Waals surface area (Å²) in [6.45, 7) is 1.95. The van der Waals surface area contributed by atoms with Crippen molar-refractivity contribution in [1.82, 2.24) is 4.98 Å². The lowest BCUT2D eigenvalue weighted by molar-refractivity contribution is 0.100. The van der Waals surface area contributed by atoms with E-state index in [9.17, 15) is 4.79 Å². The number of ether oxygens (including phenoxy) is 1. The zero-order valence-corrected chi connectivity index (χ0v) is 12.1. The van der Waals surface area contributed by atoms with Gasteiger partial charge in [-0.1, -0.05) is 0 Å². The molecule has 0 saturated heterocycles. The third-order valence-corrected chi connectivity index (χ3v) is 3.93. The fourth-order valence-electron chi connectivity index (χ4n) is 1.99. The van der Waals surface area contributed by atoms with E-state index in [1.807, 2.05) is 19.1 Å². The van der Waals surface area contributed by atoms with Crippen LogP contribution in [0.5, 0.6) is 11.5 Å². The summed E-state index contributed by atoms with van der Waals surface area (Å²) >= 11 is 1.59. The van der Waals surface area contributed by atoms with Crippen molar-refractivity contribution < 1.29 is 9.53 Å². The van der Waals surface area contributed by atoms with Gasteiger partial charge in [0.1, 0.15) is 5.75 Å². The quantitative estimate of drug-likeness (QED) is 0.727. The van der Waals surface area contributed by atoms with Gasteiger partial charge in [0.2, 0.25) is 5.91 Å². The van der Waals surface area contributed by atoms with Crippen LogP contribution in [-0.4, -0.2) is 10.9 Å². The highest BCUT2D eigenvalue weighted by Crippen LogP contribution is 2.34. The van der Waals surface area contributed by atoms with E-state index in [1.54, 1.807) is 35.6 Å². The molecule has 0 bridgehead atoms. The Morgan fingerprint density at radius 2 is 1.95 bits per heavy atom. The summed E-state index contributed by atoms with van der Waals surface area (Å²) in [5, 5.41) is 0.979. The molecule has 0 aliphatic heterocycles. The van der Waals surface area contributed by atoms with Gasteiger partial charge < -0.3 is 16.2 Å². The molecule has 0 fully saturated rings. The second-order valence-corrected chi connectivity index (χ2v) is 5.82. The van der Waals surface area contributed by atoms with Crippen LogP contribution in [-0.2, 0) is 0 Å². The number of nitrogen functional groups attached to an aromatic ring is 1. The molecule has 0 aliphatic rings. The van der Waals surface area contributed by atoms with Gasteiger partial charge in [0.25, 0.3) is 0 Å². The maximum absolute atomic E-state index is 11.0. The predicted molar refractivity (Wildman–Crippen MR) is 83.8 cm³/mol. The minimum Gasteiger partial charge on any atom is -0.455 e. The van der Waals surface area contributed by atoms with E-state index in [-0.39, 0.29) is 0 Å². The molecule has 0 spiro atoms. The predicted octanol–water partition coefficient (Wildman–Crippen LogP) is 3.08. The molecule has 0 unspecified atom stereocenters. The number of aryl methyl sites for hydroxylation is 1. The Morgan fingerprint density at radius 3 is 2.62 bits per heavy atom. The van der Waals surface area contributed by atoms with E-state index in [4.69, 9.17) is 16.2 Å². The lowest BCUT2D eigenvalue weighted by Crippen LogP contribution is -2.10. The van der Waals surface area contributed by atoms with Gasteiger partial charge in [-0.15, -0.1) is 11.3 Å². The molecule has 0 aliphatic carbocycles. The topological polar surface area (TPSA) is 91.2 Å². The average molecular weight is 299 g/mol. The third-order valence-electron chi connectivity index (χ3n) is 2.99. The molecule has 1 amide bonds. The van der Waals surface area contributed by atoms with Crippen molar-refractivity contribution in [3.63, 3.8) is 0 Å². The number of primary amides is 1. The SMILES string of the molecule is Cc1nc2cc(Oc3ccc(C(N)=O)cc3)c(N)cc2s1. The Morgan fingerprint density at radius 1 is 1.24 bits per heavy atom. The Balaban J connectivity index is 1.93. The molecular weight excluding hydrogens is 286 g/mol. The molecule has 21 heavy (non-hydrogen) atoms. The van der Waals surface area contributed by atoms with E-state index in [0.29, 0.717) is 22.7 Å². The van der Waals surface area contributed by atoms with Crippen LogP contribution in [0.25, 0.3) is 10.2 Å². The van der Waals surface area contributed by atoms with Gasteiger partial charge in [-0.3, -0.25) is 4.79 Å². The van der Waals surface area contributed by atoms with Crippen molar-refractivity contribution in [3.05, 3.63) is 47.0 Å². The Bertz CT molecular complexity index is 825. The number of nitrogens with two attached hydrogens (primary N) is 2. The first kappa shape index (κ1) is 13.4. The monoisotopic (exact) mass is 299 g/mol. The van der Waals surface area contributed by atoms with Crippen molar-refractivity contribution >= 4 is 33.1 Å². The first-order chi connectivity index (χ1) is 10.0. The number of fused-ring (bicyclic) bond motifs is 1. The highest BCUT2D eigenvalue weighted by molar-refractivity contribution is 7.18. The number of carbonyl (C=O) groups is 1. The van der Waals surface area contributed by atoms with Gasteiger partial charge in [-0.05, 0) is 37.3 Å². The first-order valence-electron chi connectivity index (χ1n) is 6.27. The Kier molecular flexibility index (Phi) is 3.23. The molecule has 4 N–H and O–H groups in total. The molecule has 1 heterocycles. The molecular formula is C15H13N3O2S. The summed E-state index contributed by atoms with van der Waals surface area (Å²) in [6, 6.07) is 10.2. The number of anilines is 1. The zero-order chi connectivity index (χ0) is 15.0. The number of rotatable bonds is 3. The summed E-state index contributed by atoms with van der Waals surface area (Å²) in [6.07, 6.45) is 0. The maximum atomic E-state index is 11.0. The van der Waals surface area contributed by atoms with Crippen LogP contribution in [0, 0.1) is 6.92 Å². The minimum absolute atomic E-state index is 0.431. The van der Waals surface area contributed by atoms with Crippen LogP contribution in [0.3, 0.4) is 0 Å². The number of amides is 1. The van der Waals surface area contributed by atoms with Crippen LogP contribution < -0.4 is 16.2 Å². The van der Waals surface area contributed by atoms with E-state index in [1.165, 1.54) is 0 Å². The Hall–Kier alpha value is -2.60. The minimum atomic E-state index is -0.472. The largest absolute Gasteiger partial charge is 0.455 e. The van der Waals surface area contributed by atoms with Crippen molar-refractivity contribution in [1.29, 1.82) is 0 Å². The summed E-state index contributed by atoms with van der Waals surface area (Å²) in [5.74, 6) is 0.651. The van der Waals surface area contributed by atoms with Gasteiger partial charge in [-0.2, -0.15) is 0 Å². The van der Waals surface area contributed by atoms with E-state index in [2.05, 4.69) is 4.98 Å². The van der Waals surface area contributed by atoms with Crippen molar-refractivity contribution in [2.75, 3.05) is 5.73 Å². The molecule has 0 atom stereocenters. The molecule has 6 heteroatoms. The summed E-state index contributed by atoms with van der Waals surface area (Å²) in [4.78, 5) is 15.4. The van der Waals surface area contributed by atoms with Crippen LogP contribution in [0.15, 0.2) is 36.4 Å². The molecule has 3 aromatic rings. The van der Waals surface area contributed by atoms with Gasteiger partial charge in [0.05, 0.1) is 20.9 Å². The van der Waals surface area contributed by atoms with E-state index >= 15 is 0 Å². The van der Waals surface area contributed by atoms with E-state index < -0.39 is 5.91 Å². The summed E-state index contributed by atoms with van der Waals surface area (Å²) in [5.41, 5.74) is 13.0. The van der Waals surface area contributed by atoms with Crippen molar-refractivity contribution in [3.8, 4) is 11.5 Å². The van der Waals surface area contributed by atoms with Gasteiger partial charge in [-0.25, -0.2) is 4.98 Å². The lowest BCUT2D eigenvalue weighted by atomic mass is 10.2. The molecule has 0 radical (unpaired) electrons. The summed E-state index contributed by atoms with van der Waals surface area (Å²) in [7, 11) is 0. The molecule has 2 aromatic carbocycles. The number of aromatic nitrogens is 1. The second kappa shape index (κ2) is 5.06. The van der Waals surface area contributed by atoms with Crippen LogP contribution >= 0.6 is 11.3 Å². The Labute approximate surface area is 125 Å². The average Bonchev–Trinajstić information content (AvgIpc) is 2.79. The van der Waals surface area contributed by atoms with Gasteiger partial charge in [0, 0.05) is 11.6 Å². The normalized spacial score (nSPS) is 10.7. The molecule has 0 saturated carbocycles. The molecule has 1 aromatic heterocycles. The number of hydrogen-bond acceptors (Lipinski definition) is 5. The number of benzene rings is 2. The molecule has 5 nitrogen and oxygen atoms in total. The molecule has 106 valence electrons. The maximum Gasteiger partial charge on any atom is 0.248 e. The van der Waals surface area contributed by atoms with Crippen LogP contribution in [0.2, 0.25) is 0 Å². The fourth-order valence-corrected chi connectivity index (χ4v) is 2.85. The van der Waals surface area contributed by atoms with Crippen LogP contribution in [0.4, 0.5) is 5.69 Å². The van der Waals surface area contributed by atoms with Crippen LogP contribution in [0.1, 0.15) is 15.4 Å². The third kappa shape index (κ3) is 2.66. The number of carbonyl (C=O) groups excluding carboxylic acids is 1. The number of hydrogen-bond donors (Lipinski definition) is 2. The lowest BCUT2D eigenvalue weighted by Gasteiger charge is -2.08.